The van der Waals surface area contributed by atoms with Crippen LogP contribution in [0.1, 0.15) is 75.2 Å². The Labute approximate surface area is 196 Å². The Morgan fingerprint density at radius 1 is 1.18 bits per heavy atom. The first-order valence-corrected chi connectivity index (χ1v) is 11.8. The lowest BCUT2D eigenvalue weighted by Crippen LogP contribution is -2.52. The van der Waals surface area contributed by atoms with E-state index >= 15 is 0 Å². The number of carbonyl (C=O) groups excluding carboxylic acids is 2. The number of hydrogen-bond donors (Lipinski definition) is 3. The minimum atomic E-state index is -0.738. The fourth-order valence-corrected chi connectivity index (χ4v) is 6.10. The van der Waals surface area contributed by atoms with Gasteiger partial charge in [0.2, 0.25) is 5.91 Å². The summed E-state index contributed by atoms with van der Waals surface area (Å²) < 4.78 is 5.01. The van der Waals surface area contributed by atoms with Gasteiger partial charge in [-0.25, -0.2) is 0 Å². The summed E-state index contributed by atoms with van der Waals surface area (Å²) in [6.45, 7) is 7.26. The third-order valence-corrected chi connectivity index (χ3v) is 7.86. The van der Waals surface area contributed by atoms with E-state index in [4.69, 9.17) is 10.00 Å². The van der Waals surface area contributed by atoms with Crippen molar-refractivity contribution in [3.63, 3.8) is 0 Å². The van der Waals surface area contributed by atoms with E-state index < -0.39 is 5.60 Å². The zero-order valence-corrected chi connectivity index (χ0v) is 20.2. The van der Waals surface area contributed by atoms with Crippen LogP contribution in [0.15, 0.2) is 24.3 Å². The number of benzene rings is 1. The van der Waals surface area contributed by atoms with E-state index in [9.17, 15) is 14.7 Å². The molecule has 1 aromatic rings. The van der Waals surface area contributed by atoms with Crippen LogP contribution in [0.25, 0.3) is 0 Å². The highest BCUT2D eigenvalue weighted by Gasteiger charge is 2.61. The molecule has 7 nitrogen and oxygen atoms in total. The molecule has 0 saturated heterocycles. The lowest BCUT2D eigenvalue weighted by atomic mass is 9.57. The van der Waals surface area contributed by atoms with E-state index in [0.29, 0.717) is 50.0 Å². The molecule has 0 spiro atoms. The summed E-state index contributed by atoms with van der Waals surface area (Å²) in [4.78, 5) is 25.6. The molecule has 2 saturated carbocycles. The number of fused-ring (bicyclic) bond motifs is 1. The Bertz CT molecular complexity index is 903. The zero-order valence-electron chi connectivity index (χ0n) is 20.2. The summed E-state index contributed by atoms with van der Waals surface area (Å²) >= 11 is 0. The number of nitrogens with one attached hydrogen (secondary N) is 2. The predicted molar refractivity (Wildman–Crippen MR) is 125 cm³/mol. The number of carbonyl (C=O) groups is 2. The van der Waals surface area contributed by atoms with Crippen LogP contribution in [0.2, 0.25) is 0 Å². The molecule has 2 amide bonds. The molecule has 3 N–H and O–H groups in total. The Balaban J connectivity index is 1.83. The van der Waals surface area contributed by atoms with Crippen LogP contribution in [0.4, 0.5) is 0 Å². The summed E-state index contributed by atoms with van der Waals surface area (Å²) in [6, 6.07) is 8.62. The summed E-state index contributed by atoms with van der Waals surface area (Å²) in [5.74, 6) is 0.00775. The van der Waals surface area contributed by atoms with Gasteiger partial charge in [0.15, 0.2) is 0 Å². The van der Waals surface area contributed by atoms with Crippen molar-refractivity contribution in [1.29, 1.82) is 5.26 Å². The second kappa shape index (κ2) is 9.82. The van der Waals surface area contributed by atoms with Crippen molar-refractivity contribution in [2.45, 2.75) is 70.9 Å². The van der Waals surface area contributed by atoms with Gasteiger partial charge in [-0.1, -0.05) is 13.8 Å². The van der Waals surface area contributed by atoms with E-state index in [-0.39, 0.29) is 34.6 Å². The number of rotatable bonds is 8. The average molecular weight is 456 g/mol. The third-order valence-electron chi connectivity index (χ3n) is 7.86. The molecule has 33 heavy (non-hydrogen) atoms. The van der Waals surface area contributed by atoms with Gasteiger partial charge in [-0.3, -0.25) is 9.59 Å². The molecule has 180 valence electrons. The number of nitrogens with zero attached hydrogens (tertiary/aromatic N) is 1. The highest BCUT2D eigenvalue weighted by molar-refractivity contribution is 5.94. The first-order chi connectivity index (χ1) is 15.5. The molecule has 2 fully saturated rings. The maximum atomic E-state index is 13.1. The van der Waals surface area contributed by atoms with Gasteiger partial charge >= 0.3 is 0 Å². The maximum absolute atomic E-state index is 13.1. The number of ether oxygens (including phenoxy) is 1. The van der Waals surface area contributed by atoms with Crippen LogP contribution < -0.4 is 10.6 Å². The van der Waals surface area contributed by atoms with Gasteiger partial charge in [0.25, 0.3) is 5.91 Å². The first kappa shape index (κ1) is 25.2. The largest absolute Gasteiger partial charge is 0.390 e. The van der Waals surface area contributed by atoms with Gasteiger partial charge in [-0.05, 0) is 80.0 Å². The number of amides is 2. The van der Waals surface area contributed by atoms with Crippen molar-refractivity contribution in [2.75, 3.05) is 20.3 Å². The zero-order chi connectivity index (χ0) is 24.3. The van der Waals surface area contributed by atoms with Crippen LogP contribution in [-0.4, -0.2) is 48.8 Å². The van der Waals surface area contributed by atoms with E-state index in [0.717, 1.165) is 12.8 Å². The minimum absolute atomic E-state index is 0.0145. The van der Waals surface area contributed by atoms with Crippen molar-refractivity contribution in [3.05, 3.63) is 35.4 Å². The van der Waals surface area contributed by atoms with E-state index in [1.54, 1.807) is 31.4 Å². The van der Waals surface area contributed by atoms with Crippen molar-refractivity contribution in [3.8, 4) is 6.07 Å². The minimum Gasteiger partial charge on any atom is -0.390 e. The number of aliphatic hydroxyl groups is 1. The molecule has 0 aliphatic heterocycles. The van der Waals surface area contributed by atoms with Gasteiger partial charge in [0.1, 0.15) is 0 Å². The standard InChI is InChI=1S/C26H37N3O4/c1-24(2)16-21(29-23(31)19-7-5-18(17-27)6-8-19)26(10-9-22(30)28-13-14-33-4)12-11-25(3,32)15-20(24)26/h5-8,20-21,32H,9-16H2,1-4H3,(H,28,30)(H,29,31)/t20-,21-,25-,26-/m0/s1. The fourth-order valence-electron chi connectivity index (χ4n) is 6.10. The SMILES string of the molecule is COCCNC(=O)CC[C@]12CC[C@](C)(O)C[C@H]1C(C)(C)C[C@@H]2NC(=O)c1ccc(C#N)cc1. The lowest BCUT2D eigenvalue weighted by Gasteiger charge is -2.50. The highest BCUT2D eigenvalue weighted by Crippen LogP contribution is 2.63. The number of hydrogen-bond acceptors (Lipinski definition) is 5. The molecular formula is C26H37N3O4. The molecule has 2 aliphatic rings. The Kier molecular flexibility index (Phi) is 7.50. The molecule has 0 radical (unpaired) electrons. The lowest BCUT2D eigenvalue weighted by molar-refractivity contribution is -0.123. The van der Waals surface area contributed by atoms with E-state index in [1.807, 2.05) is 6.92 Å². The van der Waals surface area contributed by atoms with E-state index in [1.165, 1.54) is 0 Å². The third kappa shape index (κ3) is 5.56. The Morgan fingerprint density at radius 2 is 1.88 bits per heavy atom. The van der Waals surface area contributed by atoms with Crippen molar-refractivity contribution in [2.24, 2.45) is 16.7 Å². The molecule has 3 rings (SSSR count). The van der Waals surface area contributed by atoms with Gasteiger partial charge in [-0.15, -0.1) is 0 Å². The molecule has 2 aliphatic carbocycles. The second-order valence-electron chi connectivity index (χ2n) is 10.7. The Morgan fingerprint density at radius 3 is 2.52 bits per heavy atom. The summed E-state index contributed by atoms with van der Waals surface area (Å²) in [5, 5.41) is 26.1. The van der Waals surface area contributed by atoms with Crippen molar-refractivity contribution < 1.29 is 19.4 Å². The van der Waals surface area contributed by atoms with Crippen LogP contribution in [0.5, 0.6) is 0 Å². The van der Waals surface area contributed by atoms with Crippen LogP contribution in [0.3, 0.4) is 0 Å². The fraction of sp³-hybridized carbons (Fsp3) is 0.654. The highest BCUT2D eigenvalue weighted by atomic mass is 16.5. The number of nitriles is 1. The van der Waals surface area contributed by atoms with Crippen molar-refractivity contribution in [1.82, 2.24) is 10.6 Å². The number of methoxy groups -OCH3 is 1. The normalized spacial score (nSPS) is 30.2. The quantitative estimate of drug-likeness (QED) is 0.522. The maximum Gasteiger partial charge on any atom is 0.251 e. The van der Waals surface area contributed by atoms with Crippen molar-refractivity contribution >= 4 is 11.8 Å². The van der Waals surface area contributed by atoms with E-state index in [2.05, 4.69) is 30.6 Å². The smallest absolute Gasteiger partial charge is 0.251 e. The molecule has 0 unspecified atom stereocenters. The van der Waals surface area contributed by atoms with Gasteiger partial charge in [0, 0.05) is 31.7 Å². The summed E-state index contributed by atoms with van der Waals surface area (Å²) in [5.41, 5.74) is -0.0470. The molecule has 0 bridgehead atoms. The van der Waals surface area contributed by atoms with Gasteiger partial charge in [0.05, 0.1) is 23.8 Å². The predicted octanol–water partition coefficient (Wildman–Crippen LogP) is 3.17. The summed E-state index contributed by atoms with van der Waals surface area (Å²) in [6.07, 6.45) is 3.90. The Hall–Kier alpha value is -2.43. The monoisotopic (exact) mass is 455 g/mol. The van der Waals surface area contributed by atoms with Gasteiger partial charge < -0.3 is 20.5 Å². The first-order valence-electron chi connectivity index (χ1n) is 11.8. The van der Waals surface area contributed by atoms with Crippen LogP contribution in [0, 0.1) is 28.1 Å². The molecule has 0 aromatic heterocycles. The molecule has 4 atom stereocenters. The van der Waals surface area contributed by atoms with Crippen LogP contribution >= 0.6 is 0 Å². The molecule has 1 aromatic carbocycles. The molecule has 7 heteroatoms. The van der Waals surface area contributed by atoms with Crippen LogP contribution in [-0.2, 0) is 9.53 Å². The molecular weight excluding hydrogens is 418 g/mol. The topological polar surface area (TPSA) is 111 Å². The van der Waals surface area contributed by atoms with Gasteiger partial charge in [-0.2, -0.15) is 5.26 Å². The molecule has 0 heterocycles. The summed E-state index contributed by atoms with van der Waals surface area (Å²) in [7, 11) is 1.60. The average Bonchev–Trinajstić information content (AvgIpc) is 2.98. The second-order valence-corrected chi connectivity index (χ2v) is 10.7.